The normalized spacial score (nSPS) is 25.6. The maximum absolute atomic E-state index is 11.8. The number of nitrogens with zero attached hydrogens (tertiary/aromatic N) is 3. The van der Waals surface area contributed by atoms with E-state index < -0.39 is 9.84 Å². The van der Waals surface area contributed by atoms with Crippen molar-refractivity contribution in [1.29, 1.82) is 0 Å². The number of carbonyl (C=O) groups excluding carboxylic acids is 1. The lowest BCUT2D eigenvalue weighted by Gasteiger charge is -2.25. The Morgan fingerprint density at radius 2 is 2.04 bits per heavy atom. The van der Waals surface area contributed by atoms with Crippen LogP contribution in [0.5, 0.6) is 0 Å². The predicted molar refractivity (Wildman–Crippen MR) is 115 cm³/mol. The first-order chi connectivity index (χ1) is 11.8. The molecule has 0 spiro atoms. The van der Waals surface area contributed by atoms with Crippen molar-refractivity contribution < 1.29 is 13.2 Å². The number of guanidine groups is 1. The number of amides is 1. The molecule has 10 heteroatoms. The number of likely N-dealkylation sites (N-methyl/N-ethyl adjacent to an activating group) is 2. The summed E-state index contributed by atoms with van der Waals surface area (Å²) in [7, 11) is 0.430. The minimum Gasteiger partial charge on any atom is -0.355 e. The standard InChI is InChI=1S/C16H31N5O3S.HI/c1-4-21-8-5-6-14(21)10-17-16(18-11-15(22)20(2)3)19-13-7-9-25(23,24)12-13;/h13-14H,4-12H2,1-3H3,(H2,17,18,19);1H. The SMILES string of the molecule is CCN1CCCC1CNC(=NCC(=O)N(C)C)NC1CCS(=O)(=O)C1.I. The van der Waals surface area contributed by atoms with E-state index in [4.69, 9.17) is 0 Å². The summed E-state index contributed by atoms with van der Waals surface area (Å²) in [6.45, 7) is 5.08. The van der Waals surface area contributed by atoms with Crippen molar-refractivity contribution in [3.05, 3.63) is 0 Å². The molecule has 2 N–H and O–H groups in total. The molecular formula is C16H32IN5O3S. The number of sulfone groups is 1. The molecule has 2 aliphatic heterocycles. The average Bonchev–Trinajstić information content (AvgIpc) is 3.14. The second-order valence-electron chi connectivity index (χ2n) is 7.00. The van der Waals surface area contributed by atoms with Crippen LogP contribution in [0.15, 0.2) is 4.99 Å². The van der Waals surface area contributed by atoms with Crippen LogP contribution >= 0.6 is 24.0 Å². The van der Waals surface area contributed by atoms with E-state index in [1.54, 1.807) is 14.1 Å². The molecule has 0 saturated carbocycles. The molecule has 0 aliphatic carbocycles. The molecule has 152 valence electrons. The summed E-state index contributed by atoms with van der Waals surface area (Å²) in [6, 6.07) is 0.311. The van der Waals surface area contributed by atoms with E-state index in [1.807, 2.05) is 0 Å². The highest BCUT2D eigenvalue weighted by molar-refractivity contribution is 14.0. The van der Waals surface area contributed by atoms with Crippen molar-refractivity contribution in [2.45, 2.75) is 38.3 Å². The number of aliphatic imine (C=N–C) groups is 1. The van der Waals surface area contributed by atoms with Crippen molar-refractivity contribution in [3.8, 4) is 0 Å². The Hall–Kier alpha value is -0.620. The van der Waals surface area contributed by atoms with Gasteiger partial charge < -0.3 is 15.5 Å². The Bertz CT molecular complexity index is 597. The van der Waals surface area contributed by atoms with Gasteiger partial charge in [0.2, 0.25) is 5.91 Å². The molecule has 0 aromatic carbocycles. The van der Waals surface area contributed by atoms with Gasteiger partial charge in [-0.05, 0) is 32.4 Å². The molecule has 8 nitrogen and oxygen atoms in total. The number of hydrogen-bond acceptors (Lipinski definition) is 5. The molecule has 0 aromatic rings. The van der Waals surface area contributed by atoms with Gasteiger partial charge in [0.1, 0.15) is 6.54 Å². The second kappa shape index (κ2) is 10.6. The van der Waals surface area contributed by atoms with E-state index >= 15 is 0 Å². The summed E-state index contributed by atoms with van der Waals surface area (Å²) in [5.41, 5.74) is 0. The van der Waals surface area contributed by atoms with Crippen molar-refractivity contribution in [2.24, 2.45) is 4.99 Å². The molecule has 26 heavy (non-hydrogen) atoms. The fourth-order valence-corrected chi connectivity index (χ4v) is 4.97. The summed E-state index contributed by atoms with van der Waals surface area (Å²) in [6.07, 6.45) is 2.91. The first-order valence-electron chi connectivity index (χ1n) is 9.00. The largest absolute Gasteiger partial charge is 0.355 e. The fraction of sp³-hybridized carbons (Fsp3) is 0.875. The van der Waals surface area contributed by atoms with Crippen LogP contribution in [0.25, 0.3) is 0 Å². The zero-order valence-electron chi connectivity index (χ0n) is 15.9. The molecule has 0 aromatic heterocycles. The first-order valence-corrected chi connectivity index (χ1v) is 10.8. The van der Waals surface area contributed by atoms with Crippen LogP contribution < -0.4 is 10.6 Å². The zero-order chi connectivity index (χ0) is 18.4. The van der Waals surface area contributed by atoms with Crippen LogP contribution in [-0.2, 0) is 14.6 Å². The van der Waals surface area contributed by atoms with Gasteiger partial charge in [-0.25, -0.2) is 13.4 Å². The Kier molecular flexibility index (Phi) is 9.59. The lowest BCUT2D eigenvalue weighted by atomic mass is 10.2. The first kappa shape index (κ1) is 23.4. The number of carbonyl (C=O) groups is 1. The third kappa shape index (κ3) is 7.18. The Balaban J connectivity index is 0.00000338. The van der Waals surface area contributed by atoms with Crippen molar-refractivity contribution in [1.82, 2.24) is 20.4 Å². The highest BCUT2D eigenvalue weighted by Crippen LogP contribution is 2.15. The van der Waals surface area contributed by atoms with Gasteiger partial charge in [0, 0.05) is 32.7 Å². The molecule has 2 atom stereocenters. The van der Waals surface area contributed by atoms with Crippen molar-refractivity contribution in [2.75, 3.05) is 51.8 Å². The maximum atomic E-state index is 11.8. The Labute approximate surface area is 174 Å². The summed E-state index contributed by atoms with van der Waals surface area (Å²) >= 11 is 0. The highest BCUT2D eigenvalue weighted by atomic mass is 127. The van der Waals surface area contributed by atoms with Crippen molar-refractivity contribution in [3.63, 3.8) is 0 Å². The fourth-order valence-electron chi connectivity index (χ4n) is 3.30. The number of hydrogen-bond donors (Lipinski definition) is 2. The summed E-state index contributed by atoms with van der Waals surface area (Å²) < 4.78 is 23.3. The quantitative estimate of drug-likeness (QED) is 0.300. The molecule has 2 heterocycles. The molecule has 2 aliphatic rings. The van der Waals surface area contributed by atoms with Gasteiger partial charge in [-0.1, -0.05) is 6.92 Å². The number of rotatable bonds is 6. The minimum absolute atomic E-state index is 0. The van der Waals surface area contributed by atoms with Crippen LogP contribution in [0.4, 0.5) is 0 Å². The number of nitrogens with one attached hydrogen (secondary N) is 2. The summed E-state index contributed by atoms with van der Waals surface area (Å²) in [5, 5.41) is 6.50. The highest BCUT2D eigenvalue weighted by Gasteiger charge is 2.29. The van der Waals surface area contributed by atoms with Gasteiger partial charge in [-0.3, -0.25) is 9.69 Å². The lowest BCUT2D eigenvalue weighted by Crippen LogP contribution is -2.48. The third-order valence-corrected chi connectivity index (χ3v) is 6.62. The third-order valence-electron chi connectivity index (χ3n) is 4.85. The van der Waals surface area contributed by atoms with Crippen LogP contribution in [-0.4, -0.2) is 93.9 Å². The topological polar surface area (TPSA) is 94.1 Å². The second-order valence-corrected chi connectivity index (χ2v) is 9.23. The van der Waals surface area contributed by atoms with Gasteiger partial charge in [-0.15, -0.1) is 24.0 Å². The van der Waals surface area contributed by atoms with E-state index in [2.05, 4.69) is 27.4 Å². The maximum Gasteiger partial charge on any atom is 0.243 e. The van der Waals surface area contributed by atoms with Crippen LogP contribution in [0, 0.1) is 0 Å². The van der Waals surface area contributed by atoms with Gasteiger partial charge in [0.15, 0.2) is 15.8 Å². The Morgan fingerprint density at radius 3 is 2.62 bits per heavy atom. The van der Waals surface area contributed by atoms with E-state index in [0.717, 1.165) is 26.1 Å². The van der Waals surface area contributed by atoms with E-state index in [-0.39, 0.29) is 54.0 Å². The monoisotopic (exact) mass is 501 g/mol. The zero-order valence-corrected chi connectivity index (χ0v) is 19.0. The smallest absolute Gasteiger partial charge is 0.243 e. The lowest BCUT2D eigenvalue weighted by molar-refractivity contribution is -0.127. The molecule has 2 unspecified atom stereocenters. The van der Waals surface area contributed by atoms with E-state index in [9.17, 15) is 13.2 Å². The van der Waals surface area contributed by atoms with Crippen molar-refractivity contribution >= 4 is 45.7 Å². The number of likely N-dealkylation sites (tertiary alicyclic amines) is 1. The molecular weight excluding hydrogens is 469 g/mol. The summed E-state index contributed by atoms with van der Waals surface area (Å²) in [5.74, 6) is 0.775. The van der Waals surface area contributed by atoms with Gasteiger partial charge in [-0.2, -0.15) is 0 Å². The summed E-state index contributed by atoms with van der Waals surface area (Å²) in [4.78, 5) is 20.1. The average molecular weight is 501 g/mol. The van der Waals surface area contributed by atoms with E-state index in [1.165, 1.54) is 11.3 Å². The Morgan fingerprint density at radius 1 is 1.31 bits per heavy atom. The molecule has 2 fully saturated rings. The van der Waals surface area contributed by atoms with E-state index in [0.29, 0.717) is 18.4 Å². The minimum atomic E-state index is -2.96. The molecule has 0 bridgehead atoms. The van der Waals surface area contributed by atoms with Gasteiger partial charge in [0.25, 0.3) is 0 Å². The van der Waals surface area contributed by atoms with Crippen LogP contribution in [0.3, 0.4) is 0 Å². The van der Waals surface area contributed by atoms with Gasteiger partial charge in [0.05, 0.1) is 11.5 Å². The molecule has 1 amide bonds. The van der Waals surface area contributed by atoms with Gasteiger partial charge >= 0.3 is 0 Å². The molecule has 2 saturated heterocycles. The molecule has 2 rings (SSSR count). The predicted octanol–water partition coefficient (Wildman–Crippen LogP) is -0.101. The number of halogens is 1. The molecule has 0 radical (unpaired) electrons. The van der Waals surface area contributed by atoms with Crippen LogP contribution in [0.1, 0.15) is 26.2 Å². The van der Waals surface area contributed by atoms with Crippen LogP contribution in [0.2, 0.25) is 0 Å².